The van der Waals surface area contributed by atoms with Crippen molar-refractivity contribution >= 4 is 11.7 Å². The maximum Gasteiger partial charge on any atom is 0.322 e. The van der Waals surface area contributed by atoms with Crippen LogP contribution in [-0.2, 0) is 0 Å². The number of benzene rings is 1. The van der Waals surface area contributed by atoms with Crippen LogP contribution in [0, 0.1) is 23.5 Å². The van der Waals surface area contributed by atoms with Crippen molar-refractivity contribution in [3.8, 4) is 0 Å². The van der Waals surface area contributed by atoms with Gasteiger partial charge in [-0.05, 0) is 31.0 Å². The van der Waals surface area contributed by atoms with Crippen molar-refractivity contribution in [3.63, 3.8) is 0 Å². The van der Waals surface area contributed by atoms with E-state index in [2.05, 4.69) is 29.1 Å². The number of piperazine rings is 1. The van der Waals surface area contributed by atoms with Gasteiger partial charge < -0.3 is 25.1 Å². The van der Waals surface area contributed by atoms with Crippen LogP contribution in [0.25, 0.3) is 0 Å². The second-order valence-electron chi connectivity index (χ2n) is 7.89. The van der Waals surface area contributed by atoms with Crippen molar-refractivity contribution in [2.75, 3.05) is 58.2 Å². The van der Waals surface area contributed by atoms with Crippen molar-refractivity contribution < 1.29 is 18.7 Å². The number of hydrogen-bond acceptors (Lipinski definition) is 4. The summed E-state index contributed by atoms with van der Waals surface area (Å²) in [6.45, 7) is 7.32. The summed E-state index contributed by atoms with van der Waals surface area (Å²) in [5.41, 5.74) is -0.0568. The van der Waals surface area contributed by atoms with Crippen LogP contribution in [0.1, 0.15) is 13.3 Å². The number of likely N-dealkylation sites (N-methyl/N-ethyl adjacent to an activating group) is 1. The number of aliphatic hydroxyl groups is 1. The molecule has 1 aromatic rings. The minimum atomic E-state index is -0.811. The van der Waals surface area contributed by atoms with E-state index < -0.39 is 17.7 Å². The van der Waals surface area contributed by atoms with Gasteiger partial charge in [0, 0.05) is 45.3 Å². The first-order valence-corrected chi connectivity index (χ1v) is 9.97. The average Bonchev–Trinajstić information content (AvgIpc) is 3.03. The van der Waals surface area contributed by atoms with Gasteiger partial charge >= 0.3 is 6.03 Å². The van der Waals surface area contributed by atoms with Gasteiger partial charge in [-0.25, -0.2) is 13.6 Å². The number of carbonyl (C=O) groups excluding carboxylic acids is 1. The largest absolute Gasteiger partial charge is 0.394 e. The highest BCUT2D eigenvalue weighted by atomic mass is 19.1. The summed E-state index contributed by atoms with van der Waals surface area (Å²) in [7, 11) is 2.11. The SMILES string of the molecule is CC[C@@H]1CN(C(=O)Nc2ccc(F)cc2F)[C@H](CO)[C@@H]1CN1CCN(C)CC1. The minimum absolute atomic E-state index is 0.0568. The summed E-state index contributed by atoms with van der Waals surface area (Å²) in [5.74, 6) is -1.06. The monoisotopic (exact) mass is 396 g/mol. The summed E-state index contributed by atoms with van der Waals surface area (Å²) >= 11 is 0. The third kappa shape index (κ3) is 4.61. The molecule has 0 radical (unpaired) electrons. The molecule has 1 aromatic carbocycles. The predicted octanol–water partition coefficient (Wildman–Crippen LogP) is 2.06. The molecule has 3 rings (SSSR count). The number of aliphatic hydroxyl groups excluding tert-OH is 1. The molecule has 0 aromatic heterocycles. The third-order valence-corrected chi connectivity index (χ3v) is 6.14. The molecule has 0 unspecified atom stereocenters. The van der Waals surface area contributed by atoms with Gasteiger partial charge in [-0.1, -0.05) is 13.3 Å². The number of nitrogens with zero attached hydrogens (tertiary/aromatic N) is 3. The molecule has 0 saturated carbocycles. The zero-order valence-electron chi connectivity index (χ0n) is 16.6. The fourth-order valence-electron chi connectivity index (χ4n) is 4.35. The predicted molar refractivity (Wildman–Crippen MR) is 104 cm³/mol. The lowest BCUT2D eigenvalue weighted by Gasteiger charge is -2.36. The molecule has 3 atom stereocenters. The molecule has 2 heterocycles. The van der Waals surface area contributed by atoms with Crippen molar-refractivity contribution in [1.82, 2.24) is 14.7 Å². The van der Waals surface area contributed by atoms with E-state index in [1.54, 1.807) is 4.90 Å². The molecule has 0 spiro atoms. The van der Waals surface area contributed by atoms with E-state index in [1.165, 1.54) is 6.07 Å². The maximum absolute atomic E-state index is 13.9. The first kappa shape index (κ1) is 21.0. The minimum Gasteiger partial charge on any atom is -0.394 e. The molecule has 2 aliphatic rings. The zero-order valence-corrected chi connectivity index (χ0v) is 16.6. The van der Waals surface area contributed by atoms with Crippen LogP contribution in [0.4, 0.5) is 19.3 Å². The Hall–Kier alpha value is -1.77. The third-order valence-electron chi connectivity index (χ3n) is 6.14. The smallest absolute Gasteiger partial charge is 0.322 e. The topological polar surface area (TPSA) is 59.1 Å². The Labute approximate surface area is 165 Å². The van der Waals surface area contributed by atoms with E-state index >= 15 is 0 Å². The van der Waals surface area contributed by atoms with Crippen LogP contribution >= 0.6 is 0 Å². The Morgan fingerprint density at radius 1 is 1.25 bits per heavy atom. The van der Waals surface area contributed by atoms with Gasteiger partial charge in [0.2, 0.25) is 0 Å². The number of halogens is 2. The number of nitrogens with one attached hydrogen (secondary N) is 1. The Morgan fingerprint density at radius 2 is 1.96 bits per heavy atom. The quantitative estimate of drug-likeness (QED) is 0.800. The Bertz CT molecular complexity index is 682. The van der Waals surface area contributed by atoms with Gasteiger partial charge in [-0.15, -0.1) is 0 Å². The lowest BCUT2D eigenvalue weighted by atomic mass is 9.88. The summed E-state index contributed by atoms with van der Waals surface area (Å²) < 4.78 is 27.0. The van der Waals surface area contributed by atoms with E-state index in [4.69, 9.17) is 0 Å². The number of amides is 2. The van der Waals surface area contributed by atoms with E-state index in [9.17, 15) is 18.7 Å². The fourth-order valence-corrected chi connectivity index (χ4v) is 4.35. The molecule has 6 nitrogen and oxygen atoms in total. The molecule has 2 saturated heterocycles. The van der Waals surface area contributed by atoms with E-state index in [0.717, 1.165) is 51.3 Å². The Morgan fingerprint density at radius 3 is 2.57 bits per heavy atom. The molecule has 2 amide bonds. The van der Waals surface area contributed by atoms with Crippen molar-refractivity contribution in [3.05, 3.63) is 29.8 Å². The Kier molecular flexibility index (Phi) is 6.85. The molecular formula is C20H30F2N4O2. The molecule has 2 fully saturated rings. The number of hydrogen-bond donors (Lipinski definition) is 2. The Balaban J connectivity index is 1.69. The molecule has 2 N–H and O–H groups in total. The molecule has 8 heteroatoms. The first-order valence-electron chi connectivity index (χ1n) is 9.97. The van der Waals surface area contributed by atoms with Crippen molar-refractivity contribution in [1.29, 1.82) is 0 Å². The highest BCUT2D eigenvalue weighted by molar-refractivity contribution is 5.90. The van der Waals surface area contributed by atoms with Crippen LogP contribution in [0.3, 0.4) is 0 Å². The second-order valence-corrected chi connectivity index (χ2v) is 7.89. The lowest BCUT2D eigenvalue weighted by Crippen LogP contribution is -2.49. The van der Waals surface area contributed by atoms with E-state index in [0.29, 0.717) is 6.54 Å². The summed E-state index contributed by atoms with van der Waals surface area (Å²) in [5, 5.41) is 12.6. The summed E-state index contributed by atoms with van der Waals surface area (Å²) in [6.07, 6.45) is 0.906. The van der Waals surface area contributed by atoms with Gasteiger partial charge in [-0.3, -0.25) is 0 Å². The molecule has 156 valence electrons. The lowest BCUT2D eigenvalue weighted by molar-refractivity contribution is 0.0967. The molecule has 0 bridgehead atoms. The van der Waals surface area contributed by atoms with Gasteiger partial charge in [0.15, 0.2) is 0 Å². The van der Waals surface area contributed by atoms with Crippen LogP contribution < -0.4 is 5.32 Å². The standard InChI is InChI=1S/C20H30F2N4O2/c1-3-14-11-26(20(28)23-18-5-4-15(21)10-17(18)22)19(13-27)16(14)12-25-8-6-24(2)7-9-25/h4-5,10,14,16,19,27H,3,6-9,11-13H2,1-2H3,(H,23,28)/t14-,16-,19-/m1/s1. The number of rotatable bonds is 5. The summed E-state index contributed by atoms with van der Waals surface area (Å²) in [4.78, 5) is 19.1. The van der Waals surface area contributed by atoms with Crippen LogP contribution in [0.2, 0.25) is 0 Å². The number of urea groups is 1. The van der Waals surface area contributed by atoms with Crippen LogP contribution in [0.5, 0.6) is 0 Å². The molecule has 28 heavy (non-hydrogen) atoms. The van der Waals surface area contributed by atoms with Crippen LogP contribution in [0.15, 0.2) is 18.2 Å². The van der Waals surface area contributed by atoms with Crippen LogP contribution in [-0.4, -0.2) is 84.8 Å². The first-order chi connectivity index (χ1) is 13.4. The molecular weight excluding hydrogens is 366 g/mol. The van der Waals surface area contributed by atoms with Gasteiger partial charge in [0.1, 0.15) is 11.6 Å². The van der Waals surface area contributed by atoms with E-state index in [1.807, 2.05) is 0 Å². The highest BCUT2D eigenvalue weighted by Gasteiger charge is 2.43. The van der Waals surface area contributed by atoms with E-state index in [-0.39, 0.29) is 30.2 Å². The average molecular weight is 396 g/mol. The number of anilines is 1. The fraction of sp³-hybridized carbons (Fsp3) is 0.650. The van der Waals surface area contributed by atoms with Gasteiger partial charge in [0.05, 0.1) is 18.3 Å². The normalized spacial score (nSPS) is 26.6. The zero-order chi connectivity index (χ0) is 20.3. The molecule has 0 aliphatic carbocycles. The maximum atomic E-state index is 13.9. The van der Waals surface area contributed by atoms with Crippen molar-refractivity contribution in [2.24, 2.45) is 11.8 Å². The highest BCUT2D eigenvalue weighted by Crippen LogP contribution is 2.33. The van der Waals surface area contributed by atoms with Gasteiger partial charge in [-0.2, -0.15) is 0 Å². The second kappa shape index (κ2) is 9.15. The molecule has 2 aliphatic heterocycles. The van der Waals surface area contributed by atoms with Crippen molar-refractivity contribution in [2.45, 2.75) is 19.4 Å². The van der Waals surface area contributed by atoms with Gasteiger partial charge in [0.25, 0.3) is 0 Å². The number of likely N-dealkylation sites (tertiary alicyclic amines) is 1. The summed E-state index contributed by atoms with van der Waals surface area (Å²) in [6, 6.07) is 2.30. The number of carbonyl (C=O) groups is 1.